The SMILES string of the molecule is COC[C@@H](C)NC(=O)Nc1ccc(Cl)c(Cl)c1. The second-order valence-electron chi connectivity index (χ2n) is 3.58. The van der Waals surface area contributed by atoms with Gasteiger partial charge in [-0.3, -0.25) is 0 Å². The van der Waals surface area contributed by atoms with Gasteiger partial charge in [0, 0.05) is 12.8 Å². The van der Waals surface area contributed by atoms with Gasteiger partial charge in [-0.2, -0.15) is 0 Å². The third kappa shape index (κ3) is 4.81. The van der Waals surface area contributed by atoms with Crippen molar-refractivity contribution in [1.29, 1.82) is 0 Å². The molecule has 0 saturated heterocycles. The predicted molar refractivity (Wildman–Crippen MR) is 70.0 cm³/mol. The van der Waals surface area contributed by atoms with E-state index in [1.165, 1.54) is 0 Å². The molecule has 1 rings (SSSR count). The molecule has 94 valence electrons. The maximum atomic E-state index is 11.5. The lowest BCUT2D eigenvalue weighted by atomic mass is 10.3. The van der Waals surface area contributed by atoms with Crippen LogP contribution in [0, 0.1) is 0 Å². The number of carbonyl (C=O) groups excluding carboxylic acids is 1. The van der Waals surface area contributed by atoms with Gasteiger partial charge in [-0.05, 0) is 25.1 Å². The van der Waals surface area contributed by atoms with Crippen LogP contribution in [0.25, 0.3) is 0 Å². The van der Waals surface area contributed by atoms with E-state index in [-0.39, 0.29) is 12.1 Å². The molecule has 1 aromatic carbocycles. The van der Waals surface area contributed by atoms with Gasteiger partial charge in [0.05, 0.1) is 22.7 Å². The summed E-state index contributed by atoms with van der Waals surface area (Å²) in [5.74, 6) is 0. The van der Waals surface area contributed by atoms with Crippen LogP contribution in [0.1, 0.15) is 6.92 Å². The minimum atomic E-state index is -0.312. The van der Waals surface area contributed by atoms with Gasteiger partial charge in [-0.25, -0.2) is 4.79 Å². The Kier molecular flexibility index (Phi) is 5.55. The van der Waals surface area contributed by atoms with Crippen molar-refractivity contribution in [2.24, 2.45) is 0 Å². The molecule has 0 aliphatic rings. The molecule has 2 amide bonds. The minimum absolute atomic E-state index is 0.0669. The number of hydrogen-bond donors (Lipinski definition) is 2. The van der Waals surface area contributed by atoms with Crippen molar-refractivity contribution in [3.63, 3.8) is 0 Å². The molecule has 0 heterocycles. The lowest BCUT2D eigenvalue weighted by Crippen LogP contribution is -2.38. The van der Waals surface area contributed by atoms with Crippen molar-refractivity contribution in [2.45, 2.75) is 13.0 Å². The van der Waals surface area contributed by atoms with Crippen LogP contribution < -0.4 is 10.6 Å². The van der Waals surface area contributed by atoms with Crippen molar-refractivity contribution < 1.29 is 9.53 Å². The van der Waals surface area contributed by atoms with Crippen LogP contribution in [0.15, 0.2) is 18.2 Å². The number of anilines is 1. The molecule has 0 unspecified atom stereocenters. The van der Waals surface area contributed by atoms with Crippen LogP contribution in [-0.2, 0) is 4.74 Å². The Bertz CT molecular complexity index is 399. The summed E-state index contributed by atoms with van der Waals surface area (Å²) in [4.78, 5) is 11.5. The van der Waals surface area contributed by atoms with Gasteiger partial charge in [0.15, 0.2) is 0 Å². The summed E-state index contributed by atoms with van der Waals surface area (Å²) in [6, 6.07) is 4.51. The number of nitrogens with one attached hydrogen (secondary N) is 2. The molecule has 17 heavy (non-hydrogen) atoms. The first-order chi connectivity index (χ1) is 8.02. The normalized spacial score (nSPS) is 12.0. The van der Waals surface area contributed by atoms with E-state index in [0.29, 0.717) is 22.3 Å². The number of urea groups is 1. The van der Waals surface area contributed by atoms with E-state index < -0.39 is 0 Å². The number of amides is 2. The first-order valence-electron chi connectivity index (χ1n) is 5.04. The van der Waals surface area contributed by atoms with Gasteiger partial charge in [0.2, 0.25) is 0 Å². The number of halogens is 2. The molecule has 0 saturated carbocycles. The third-order valence-corrected chi connectivity index (χ3v) is 2.71. The largest absolute Gasteiger partial charge is 0.383 e. The standard InChI is InChI=1S/C11H14Cl2N2O2/c1-7(6-17-2)14-11(16)15-8-3-4-9(12)10(13)5-8/h3-5,7H,6H2,1-2H3,(H2,14,15,16)/t7-/m1/s1. The Morgan fingerprint density at radius 3 is 2.71 bits per heavy atom. The molecule has 0 radical (unpaired) electrons. The van der Waals surface area contributed by atoms with E-state index in [0.717, 1.165) is 0 Å². The van der Waals surface area contributed by atoms with Gasteiger partial charge < -0.3 is 15.4 Å². The van der Waals surface area contributed by atoms with E-state index in [1.54, 1.807) is 25.3 Å². The van der Waals surface area contributed by atoms with Crippen molar-refractivity contribution in [3.05, 3.63) is 28.2 Å². The quantitative estimate of drug-likeness (QED) is 0.888. The van der Waals surface area contributed by atoms with Gasteiger partial charge in [-0.1, -0.05) is 23.2 Å². The summed E-state index contributed by atoms with van der Waals surface area (Å²) in [5, 5.41) is 6.21. The lowest BCUT2D eigenvalue weighted by Gasteiger charge is -2.13. The second-order valence-corrected chi connectivity index (χ2v) is 4.40. The summed E-state index contributed by atoms with van der Waals surface area (Å²) in [5.41, 5.74) is 0.585. The molecule has 0 aliphatic carbocycles. The fourth-order valence-corrected chi connectivity index (χ4v) is 1.55. The highest BCUT2D eigenvalue weighted by molar-refractivity contribution is 6.42. The maximum Gasteiger partial charge on any atom is 0.319 e. The zero-order valence-electron chi connectivity index (χ0n) is 9.59. The number of benzene rings is 1. The number of methoxy groups -OCH3 is 1. The van der Waals surface area contributed by atoms with E-state index >= 15 is 0 Å². The number of ether oxygens (including phenoxy) is 1. The summed E-state index contributed by atoms with van der Waals surface area (Å²) in [6.07, 6.45) is 0. The summed E-state index contributed by atoms with van der Waals surface area (Å²) >= 11 is 11.6. The Balaban J connectivity index is 2.53. The van der Waals surface area contributed by atoms with Gasteiger partial charge in [0.1, 0.15) is 0 Å². The van der Waals surface area contributed by atoms with E-state index in [1.807, 2.05) is 6.92 Å². The first kappa shape index (κ1) is 14.1. The minimum Gasteiger partial charge on any atom is -0.383 e. The Hall–Kier alpha value is -0.970. The van der Waals surface area contributed by atoms with Gasteiger partial charge in [-0.15, -0.1) is 0 Å². The highest BCUT2D eigenvalue weighted by Gasteiger charge is 2.07. The van der Waals surface area contributed by atoms with Crippen LogP contribution >= 0.6 is 23.2 Å². The molecule has 0 aliphatic heterocycles. The first-order valence-corrected chi connectivity index (χ1v) is 5.80. The number of carbonyl (C=O) groups is 1. The Labute approximate surface area is 110 Å². The van der Waals surface area contributed by atoms with E-state index in [4.69, 9.17) is 27.9 Å². The van der Waals surface area contributed by atoms with Crippen molar-refractivity contribution in [2.75, 3.05) is 19.0 Å². The summed E-state index contributed by atoms with van der Waals surface area (Å²) in [7, 11) is 1.58. The molecule has 1 aromatic rings. The molecular weight excluding hydrogens is 263 g/mol. The van der Waals surface area contributed by atoms with Crippen LogP contribution in [-0.4, -0.2) is 25.8 Å². The molecule has 6 heteroatoms. The van der Waals surface area contributed by atoms with Gasteiger partial charge in [0.25, 0.3) is 0 Å². The number of rotatable bonds is 4. The topological polar surface area (TPSA) is 50.4 Å². The second kappa shape index (κ2) is 6.69. The van der Waals surface area contributed by atoms with Crippen LogP contribution in [0.5, 0.6) is 0 Å². The summed E-state index contributed by atoms with van der Waals surface area (Å²) in [6.45, 7) is 2.30. The fraction of sp³-hybridized carbons (Fsp3) is 0.364. The van der Waals surface area contributed by atoms with Crippen LogP contribution in [0.2, 0.25) is 10.0 Å². The summed E-state index contributed by atoms with van der Waals surface area (Å²) < 4.78 is 4.91. The molecule has 4 nitrogen and oxygen atoms in total. The van der Waals surface area contributed by atoms with Crippen molar-refractivity contribution in [3.8, 4) is 0 Å². The fourth-order valence-electron chi connectivity index (χ4n) is 1.26. The zero-order chi connectivity index (χ0) is 12.8. The molecule has 1 atom stereocenters. The highest BCUT2D eigenvalue weighted by atomic mass is 35.5. The van der Waals surface area contributed by atoms with E-state index in [2.05, 4.69) is 10.6 Å². The van der Waals surface area contributed by atoms with Crippen molar-refractivity contribution in [1.82, 2.24) is 5.32 Å². The molecule has 0 bridgehead atoms. The lowest BCUT2D eigenvalue weighted by molar-refractivity contribution is 0.173. The van der Waals surface area contributed by atoms with Gasteiger partial charge >= 0.3 is 6.03 Å². The molecule has 2 N–H and O–H groups in total. The third-order valence-electron chi connectivity index (χ3n) is 1.97. The van der Waals surface area contributed by atoms with Crippen LogP contribution in [0.4, 0.5) is 10.5 Å². The van der Waals surface area contributed by atoms with Crippen molar-refractivity contribution >= 4 is 34.9 Å². The smallest absolute Gasteiger partial charge is 0.319 e. The number of hydrogen-bond acceptors (Lipinski definition) is 2. The molecule has 0 aromatic heterocycles. The highest BCUT2D eigenvalue weighted by Crippen LogP contribution is 2.24. The monoisotopic (exact) mass is 276 g/mol. The predicted octanol–water partition coefficient (Wildman–Crippen LogP) is 3.15. The molecular formula is C11H14Cl2N2O2. The van der Waals surface area contributed by atoms with Crippen LogP contribution in [0.3, 0.4) is 0 Å². The Morgan fingerprint density at radius 2 is 2.12 bits per heavy atom. The van der Waals surface area contributed by atoms with E-state index in [9.17, 15) is 4.79 Å². The Morgan fingerprint density at radius 1 is 1.41 bits per heavy atom. The maximum absolute atomic E-state index is 11.5. The molecule has 0 fully saturated rings. The average Bonchev–Trinajstić information content (AvgIpc) is 2.23. The average molecular weight is 277 g/mol. The zero-order valence-corrected chi connectivity index (χ0v) is 11.1. The molecule has 0 spiro atoms.